The molecule has 1 fully saturated rings. The van der Waals surface area contributed by atoms with Crippen LogP contribution in [0.3, 0.4) is 0 Å². The summed E-state index contributed by atoms with van der Waals surface area (Å²) in [6, 6.07) is 5.96. The number of fused-ring (bicyclic) bond motifs is 1. The highest BCUT2D eigenvalue weighted by molar-refractivity contribution is 5.99. The number of nitrogens with zero attached hydrogens (tertiary/aromatic N) is 2. The zero-order chi connectivity index (χ0) is 16.7. The molecule has 0 bridgehead atoms. The van der Waals surface area contributed by atoms with E-state index in [2.05, 4.69) is 28.8 Å². The van der Waals surface area contributed by atoms with Crippen molar-refractivity contribution in [1.82, 2.24) is 19.9 Å². The summed E-state index contributed by atoms with van der Waals surface area (Å²) in [6.07, 6.45) is 5.72. The number of aromatic nitrogens is 3. The highest BCUT2D eigenvalue weighted by Crippen LogP contribution is 2.27. The first kappa shape index (κ1) is 15.0. The molecule has 0 radical (unpaired) electrons. The summed E-state index contributed by atoms with van der Waals surface area (Å²) in [6.45, 7) is 5.71. The molecule has 1 atom stereocenters. The molecule has 1 aliphatic heterocycles. The van der Waals surface area contributed by atoms with Crippen LogP contribution in [0.4, 0.5) is 0 Å². The zero-order valence-corrected chi connectivity index (χ0v) is 14.1. The summed E-state index contributed by atoms with van der Waals surface area (Å²) in [5.41, 5.74) is 4.23. The van der Waals surface area contributed by atoms with Gasteiger partial charge in [-0.2, -0.15) is 0 Å². The molecule has 0 saturated carbocycles. The van der Waals surface area contributed by atoms with E-state index >= 15 is 0 Å². The van der Waals surface area contributed by atoms with Crippen molar-refractivity contribution >= 4 is 16.8 Å². The van der Waals surface area contributed by atoms with E-state index < -0.39 is 0 Å². The SMILES string of the molecule is Cc1[nH]c2ccc(C(=O)N3CCC[C@@H](c4ncc[nH]4)C3)cc2c1C. The molecule has 1 saturated heterocycles. The zero-order valence-electron chi connectivity index (χ0n) is 14.1. The van der Waals surface area contributed by atoms with Crippen LogP contribution in [0, 0.1) is 13.8 Å². The number of hydrogen-bond donors (Lipinski definition) is 2. The van der Waals surface area contributed by atoms with Gasteiger partial charge < -0.3 is 14.9 Å². The highest BCUT2D eigenvalue weighted by atomic mass is 16.2. The molecule has 5 nitrogen and oxygen atoms in total. The lowest BCUT2D eigenvalue weighted by Gasteiger charge is -2.32. The van der Waals surface area contributed by atoms with Crippen molar-refractivity contribution in [3.63, 3.8) is 0 Å². The van der Waals surface area contributed by atoms with Crippen LogP contribution in [0.5, 0.6) is 0 Å². The minimum atomic E-state index is 0.117. The van der Waals surface area contributed by atoms with Crippen LogP contribution in [0.2, 0.25) is 0 Å². The Kier molecular flexibility index (Phi) is 3.63. The Labute approximate surface area is 141 Å². The van der Waals surface area contributed by atoms with E-state index in [-0.39, 0.29) is 5.91 Å². The number of piperidine rings is 1. The molecule has 3 aromatic rings. The summed E-state index contributed by atoms with van der Waals surface area (Å²) in [5, 5.41) is 1.14. The van der Waals surface area contributed by atoms with Crippen molar-refractivity contribution in [2.75, 3.05) is 13.1 Å². The Morgan fingerprint density at radius 2 is 2.21 bits per heavy atom. The smallest absolute Gasteiger partial charge is 0.253 e. The molecule has 0 unspecified atom stereocenters. The Balaban J connectivity index is 1.59. The van der Waals surface area contributed by atoms with Gasteiger partial charge in [0.15, 0.2) is 0 Å². The predicted molar refractivity (Wildman–Crippen MR) is 94.2 cm³/mol. The maximum Gasteiger partial charge on any atom is 0.253 e. The second kappa shape index (κ2) is 5.82. The second-order valence-electron chi connectivity index (χ2n) is 6.70. The number of carbonyl (C=O) groups is 1. The Hall–Kier alpha value is -2.56. The van der Waals surface area contributed by atoms with Gasteiger partial charge in [-0.1, -0.05) is 0 Å². The van der Waals surface area contributed by atoms with E-state index in [0.717, 1.165) is 53.9 Å². The molecule has 1 aromatic carbocycles. The van der Waals surface area contributed by atoms with Crippen LogP contribution >= 0.6 is 0 Å². The van der Waals surface area contributed by atoms with Crippen molar-refractivity contribution in [3.8, 4) is 0 Å². The summed E-state index contributed by atoms with van der Waals surface area (Å²) < 4.78 is 0. The largest absolute Gasteiger partial charge is 0.358 e. The molecule has 4 rings (SSSR count). The normalized spacial score (nSPS) is 18.2. The average Bonchev–Trinajstić information content (AvgIpc) is 3.24. The van der Waals surface area contributed by atoms with E-state index in [1.807, 2.05) is 29.3 Å². The van der Waals surface area contributed by atoms with Crippen LogP contribution in [0.15, 0.2) is 30.6 Å². The number of benzene rings is 1. The lowest BCUT2D eigenvalue weighted by Crippen LogP contribution is -2.39. The Bertz CT molecular complexity index is 878. The third-order valence-corrected chi connectivity index (χ3v) is 5.17. The fourth-order valence-corrected chi connectivity index (χ4v) is 3.66. The van der Waals surface area contributed by atoms with Crippen molar-refractivity contribution < 1.29 is 4.79 Å². The Morgan fingerprint density at radius 3 is 3.00 bits per heavy atom. The van der Waals surface area contributed by atoms with Crippen LogP contribution in [0.25, 0.3) is 10.9 Å². The van der Waals surface area contributed by atoms with Gasteiger partial charge in [-0.05, 0) is 50.5 Å². The van der Waals surface area contributed by atoms with E-state index in [0.29, 0.717) is 5.92 Å². The minimum absolute atomic E-state index is 0.117. The van der Waals surface area contributed by atoms with Crippen molar-refractivity contribution in [2.45, 2.75) is 32.6 Å². The monoisotopic (exact) mass is 322 g/mol. The van der Waals surface area contributed by atoms with Gasteiger partial charge in [0, 0.05) is 53.6 Å². The molecule has 2 aromatic heterocycles. The van der Waals surface area contributed by atoms with Gasteiger partial charge in [-0.25, -0.2) is 4.98 Å². The molecule has 5 heteroatoms. The third kappa shape index (κ3) is 2.50. The fraction of sp³-hybridized carbons (Fsp3) is 0.368. The molecule has 1 aliphatic rings. The molecule has 24 heavy (non-hydrogen) atoms. The number of aryl methyl sites for hydroxylation is 2. The van der Waals surface area contributed by atoms with Gasteiger partial charge >= 0.3 is 0 Å². The van der Waals surface area contributed by atoms with E-state index in [9.17, 15) is 4.79 Å². The molecule has 1 amide bonds. The fourth-order valence-electron chi connectivity index (χ4n) is 3.66. The number of hydrogen-bond acceptors (Lipinski definition) is 2. The summed E-state index contributed by atoms with van der Waals surface area (Å²) in [5.74, 6) is 1.41. The number of aromatic amines is 2. The van der Waals surface area contributed by atoms with Crippen LogP contribution < -0.4 is 0 Å². The van der Waals surface area contributed by atoms with Gasteiger partial charge in [0.25, 0.3) is 5.91 Å². The summed E-state index contributed by atoms with van der Waals surface area (Å²) in [7, 11) is 0. The first-order valence-electron chi connectivity index (χ1n) is 8.51. The highest BCUT2D eigenvalue weighted by Gasteiger charge is 2.27. The molecular formula is C19H22N4O. The number of imidazole rings is 1. The third-order valence-electron chi connectivity index (χ3n) is 5.17. The topological polar surface area (TPSA) is 64.8 Å². The number of likely N-dealkylation sites (tertiary alicyclic amines) is 1. The van der Waals surface area contributed by atoms with Crippen LogP contribution in [-0.4, -0.2) is 38.8 Å². The van der Waals surface area contributed by atoms with E-state index in [4.69, 9.17) is 0 Å². The summed E-state index contributed by atoms with van der Waals surface area (Å²) >= 11 is 0. The maximum atomic E-state index is 13.0. The molecule has 0 aliphatic carbocycles. The quantitative estimate of drug-likeness (QED) is 0.758. The molecule has 124 valence electrons. The Morgan fingerprint density at radius 1 is 1.33 bits per heavy atom. The van der Waals surface area contributed by atoms with Crippen molar-refractivity contribution in [1.29, 1.82) is 0 Å². The lowest BCUT2D eigenvalue weighted by molar-refractivity contribution is 0.0705. The number of amides is 1. The second-order valence-corrected chi connectivity index (χ2v) is 6.70. The molecular weight excluding hydrogens is 300 g/mol. The number of H-pyrrole nitrogens is 2. The van der Waals surface area contributed by atoms with Gasteiger partial charge in [-0.3, -0.25) is 4.79 Å². The van der Waals surface area contributed by atoms with Gasteiger partial charge in [-0.15, -0.1) is 0 Å². The van der Waals surface area contributed by atoms with E-state index in [1.165, 1.54) is 5.56 Å². The van der Waals surface area contributed by atoms with Gasteiger partial charge in [0.2, 0.25) is 0 Å². The standard InChI is InChI=1S/C19H22N4O/c1-12-13(2)22-17-6-5-14(10-16(12)17)19(24)23-9-3-4-15(11-23)18-20-7-8-21-18/h5-8,10,15,22H,3-4,9,11H2,1-2H3,(H,20,21)/t15-/m1/s1. The number of rotatable bonds is 2. The number of carbonyl (C=O) groups excluding carboxylic acids is 1. The first-order valence-corrected chi connectivity index (χ1v) is 8.51. The van der Waals surface area contributed by atoms with Crippen molar-refractivity contribution in [2.24, 2.45) is 0 Å². The van der Waals surface area contributed by atoms with Gasteiger partial charge in [0.1, 0.15) is 5.82 Å². The maximum absolute atomic E-state index is 13.0. The predicted octanol–water partition coefficient (Wildman–Crippen LogP) is 3.53. The van der Waals surface area contributed by atoms with Gasteiger partial charge in [0.05, 0.1) is 0 Å². The number of nitrogens with one attached hydrogen (secondary N) is 2. The minimum Gasteiger partial charge on any atom is -0.358 e. The summed E-state index contributed by atoms with van der Waals surface area (Å²) in [4.78, 5) is 25.8. The first-order chi connectivity index (χ1) is 11.6. The van der Waals surface area contributed by atoms with E-state index in [1.54, 1.807) is 6.20 Å². The molecule has 2 N–H and O–H groups in total. The van der Waals surface area contributed by atoms with Crippen LogP contribution in [0.1, 0.15) is 46.2 Å². The van der Waals surface area contributed by atoms with Crippen LogP contribution in [-0.2, 0) is 0 Å². The molecule has 3 heterocycles. The molecule has 0 spiro atoms. The average molecular weight is 322 g/mol. The lowest BCUT2D eigenvalue weighted by atomic mass is 9.96. The van der Waals surface area contributed by atoms with Crippen molar-refractivity contribution in [3.05, 3.63) is 53.2 Å².